The molecule has 2 N–H and O–H groups in total. The molecule has 1 heterocycles. The van der Waals surface area contributed by atoms with Gasteiger partial charge in [-0.25, -0.2) is 4.68 Å². The van der Waals surface area contributed by atoms with E-state index < -0.39 is 0 Å². The summed E-state index contributed by atoms with van der Waals surface area (Å²) in [4.78, 5) is 2.06. The number of nitrogens with two attached hydrogens (primary N) is 1. The Kier molecular flexibility index (Phi) is 3.96. The van der Waals surface area contributed by atoms with Gasteiger partial charge in [0.05, 0.1) is 5.69 Å². The van der Waals surface area contributed by atoms with Crippen LogP contribution in [0.1, 0.15) is 12.6 Å². The smallest absolute Gasteiger partial charge is 0.235 e. The lowest BCUT2D eigenvalue weighted by atomic mass is 10.3. The molecule has 0 saturated heterocycles. The number of likely N-dealkylation sites (N-methyl/N-ethyl adjacent to an activating group) is 1. The molecular formula is C10H20N4O. The Morgan fingerprint density at radius 3 is 2.60 bits per heavy atom. The van der Waals surface area contributed by atoms with Crippen LogP contribution in [-0.2, 0) is 13.5 Å². The fourth-order valence-electron chi connectivity index (χ4n) is 1.34. The van der Waals surface area contributed by atoms with E-state index >= 15 is 0 Å². The Morgan fingerprint density at radius 1 is 1.47 bits per heavy atom. The maximum Gasteiger partial charge on any atom is 0.235 e. The van der Waals surface area contributed by atoms with Gasteiger partial charge in [-0.2, -0.15) is 5.10 Å². The Balaban J connectivity index is 2.64. The number of anilines is 1. The number of rotatable bonds is 5. The van der Waals surface area contributed by atoms with Crippen molar-refractivity contribution in [2.24, 2.45) is 7.05 Å². The fraction of sp³-hybridized carbons (Fsp3) is 0.700. The predicted molar refractivity (Wildman–Crippen MR) is 61.0 cm³/mol. The minimum Gasteiger partial charge on any atom is -0.475 e. The van der Waals surface area contributed by atoms with Gasteiger partial charge in [0.2, 0.25) is 5.88 Å². The Labute approximate surface area is 90.8 Å². The van der Waals surface area contributed by atoms with Gasteiger partial charge < -0.3 is 15.4 Å². The highest BCUT2D eigenvalue weighted by molar-refractivity contribution is 5.53. The average molecular weight is 212 g/mol. The third-order valence-corrected chi connectivity index (χ3v) is 2.22. The van der Waals surface area contributed by atoms with Gasteiger partial charge in [-0.3, -0.25) is 0 Å². The Morgan fingerprint density at radius 2 is 2.13 bits per heavy atom. The molecule has 5 heteroatoms. The number of aromatic nitrogens is 2. The Hall–Kier alpha value is -1.23. The molecule has 86 valence electrons. The molecule has 0 fully saturated rings. The maximum atomic E-state index is 5.91. The van der Waals surface area contributed by atoms with E-state index in [4.69, 9.17) is 10.5 Å². The molecule has 0 spiro atoms. The maximum absolute atomic E-state index is 5.91. The monoisotopic (exact) mass is 212 g/mol. The van der Waals surface area contributed by atoms with Crippen LogP contribution in [0.2, 0.25) is 0 Å². The molecule has 1 rings (SSSR count). The van der Waals surface area contributed by atoms with Gasteiger partial charge >= 0.3 is 0 Å². The second kappa shape index (κ2) is 5.02. The van der Waals surface area contributed by atoms with E-state index in [0.29, 0.717) is 18.2 Å². The molecule has 1 aromatic rings. The largest absolute Gasteiger partial charge is 0.475 e. The van der Waals surface area contributed by atoms with Crippen molar-refractivity contribution in [2.75, 3.05) is 33.0 Å². The van der Waals surface area contributed by atoms with Gasteiger partial charge in [0, 0.05) is 13.6 Å². The van der Waals surface area contributed by atoms with Gasteiger partial charge in [-0.15, -0.1) is 0 Å². The van der Waals surface area contributed by atoms with Crippen molar-refractivity contribution < 1.29 is 4.74 Å². The van der Waals surface area contributed by atoms with E-state index in [0.717, 1.165) is 18.7 Å². The summed E-state index contributed by atoms with van der Waals surface area (Å²) in [5.74, 6) is 0.675. The van der Waals surface area contributed by atoms with Gasteiger partial charge in [-0.05, 0) is 20.5 Å². The number of ether oxygens (including phenoxy) is 1. The van der Waals surface area contributed by atoms with Gasteiger partial charge in [-0.1, -0.05) is 6.92 Å². The second-order valence-electron chi connectivity index (χ2n) is 3.79. The van der Waals surface area contributed by atoms with Gasteiger partial charge in [0.15, 0.2) is 0 Å². The molecule has 15 heavy (non-hydrogen) atoms. The van der Waals surface area contributed by atoms with E-state index in [1.165, 1.54) is 0 Å². The van der Waals surface area contributed by atoms with Crippen molar-refractivity contribution in [1.82, 2.24) is 14.7 Å². The molecule has 0 amide bonds. The first-order valence-electron chi connectivity index (χ1n) is 5.15. The first-order chi connectivity index (χ1) is 7.06. The zero-order chi connectivity index (χ0) is 11.4. The molecule has 0 radical (unpaired) electrons. The normalized spacial score (nSPS) is 11.0. The van der Waals surface area contributed by atoms with Crippen LogP contribution in [-0.4, -0.2) is 41.9 Å². The number of hydrogen-bond donors (Lipinski definition) is 1. The standard InChI is InChI=1S/C10H20N4O/c1-5-8-9(11)10(14(4)12-8)15-7-6-13(2)3/h5-7,11H2,1-4H3. The van der Waals surface area contributed by atoms with Crippen LogP contribution in [0.15, 0.2) is 0 Å². The van der Waals surface area contributed by atoms with Crippen LogP contribution in [0.5, 0.6) is 5.88 Å². The van der Waals surface area contributed by atoms with Crippen molar-refractivity contribution in [3.05, 3.63) is 5.69 Å². The van der Waals surface area contributed by atoms with Crippen LogP contribution >= 0.6 is 0 Å². The van der Waals surface area contributed by atoms with E-state index in [1.54, 1.807) is 4.68 Å². The first-order valence-corrected chi connectivity index (χ1v) is 5.15. The zero-order valence-corrected chi connectivity index (χ0v) is 9.95. The molecule has 0 unspecified atom stereocenters. The summed E-state index contributed by atoms with van der Waals surface area (Å²) in [5, 5.41) is 4.28. The van der Waals surface area contributed by atoms with Crippen LogP contribution in [0.3, 0.4) is 0 Å². The quantitative estimate of drug-likeness (QED) is 0.772. The molecule has 0 aliphatic heterocycles. The summed E-state index contributed by atoms with van der Waals surface area (Å²) in [6, 6.07) is 0. The topological polar surface area (TPSA) is 56.3 Å². The van der Waals surface area contributed by atoms with Crippen LogP contribution in [0.4, 0.5) is 5.69 Å². The molecule has 0 aliphatic carbocycles. The van der Waals surface area contributed by atoms with Crippen LogP contribution in [0, 0.1) is 0 Å². The van der Waals surface area contributed by atoms with Crippen LogP contribution < -0.4 is 10.5 Å². The third-order valence-electron chi connectivity index (χ3n) is 2.22. The fourth-order valence-corrected chi connectivity index (χ4v) is 1.34. The van der Waals surface area contributed by atoms with E-state index in [-0.39, 0.29) is 0 Å². The molecule has 0 aliphatic rings. The van der Waals surface area contributed by atoms with Crippen molar-refractivity contribution in [3.63, 3.8) is 0 Å². The average Bonchev–Trinajstić information content (AvgIpc) is 2.44. The zero-order valence-electron chi connectivity index (χ0n) is 9.95. The summed E-state index contributed by atoms with van der Waals surface area (Å²) >= 11 is 0. The summed E-state index contributed by atoms with van der Waals surface area (Å²) in [6.45, 7) is 3.52. The highest BCUT2D eigenvalue weighted by atomic mass is 16.5. The van der Waals surface area contributed by atoms with Gasteiger partial charge in [0.25, 0.3) is 0 Å². The lowest BCUT2D eigenvalue weighted by Crippen LogP contribution is -2.20. The molecule has 0 saturated carbocycles. The lowest BCUT2D eigenvalue weighted by molar-refractivity contribution is 0.246. The van der Waals surface area contributed by atoms with Crippen molar-refractivity contribution in [1.29, 1.82) is 0 Å². The minimum absolute atomic E-state index is 0.625. The third kappa shape index (κ3) is 2.86. The van der Waals surface area contributed by atoms with E-state index in [2.05, 4.69) is 10.00 Å². The van der Waals surface area contributed by atoms with Crippen molar-refractivity contribution in [3.8, 4) is 5.88 Å². The van der Waals surface area contributed by atoms with E-state index in [9.17, 15) is 0 Å². The number of aryl methyl sites for hydroxylation is 2. The molecule has 5 nitrogen and oxygen atoms in total. The first kappa shape index (κ1) is 11.8. The number of hydrogen-bond acceptors (Lipinski definition) is 4. The van der Waals surface area contributed by atoms with Crippen molar-refractivity contribution >= 4 is 5.69 Å². The summed E-state index contributed by atoms with van der Waals surface area (Å²) in [6.07, 6.45) is 0.830. The predicted octanol–water partition coefficient (Wildman–Crippen LogP) is 0.505. The van der Waals surface area contributed by atoms with E-state index in [1.807, 2.05) is 28.1 Å². The highest BCUT2D eigenvalue weighted by Crippen LogP contribution is 2.24. The second-order valence-corrected chi connectivity index (χ2v) is 3.79. The minimum atomic E-state index is 0.625. The molecule has 1 aromatic heterocycles. The molecular weight excluding hydrogens is 192 g/mol. The number of nitrogen functional groups attached to an aromatic ring is 1. The lowest BCUT2D eigenvalue weighted by Gasteiger charge is -2.11. The molecule has 0 bridgehead atoms. The van der Waals surface area contributed by atoms with Crippen molar-refractivity contribution in [2.45, 2.75) is 13.3 Å². The molecule has 0 aromatic carbocycles. The molecule has 0 atom stereocenters. The summed E-state index contributed by atoms with van der Waals surface area (Å²) < 4.78 is 7.29. The number of nitrogens with zero attached hydrogens (tertiary/aromatic N) is 3. The van der Waals surface area contributed by atoms with Gasteiger partial charge in [0.1, 0.15) is 12.3 Å². The highest BCUT2D eigenvalue weighted by Gasteiger charge is 2.12. The Bertz CT molecular complexity index is 319. The van der Waals surface area contributed by atoms with Crippen LogP contribution in [0.25, 0.3) is 0 Å². The summed E-state index contributed by atoms with van der Waals surface area (Å²) in [7, 11) is 5.86. The summed E-state index contributed by atoms with van der Waals surface area (Å²) in [5.41, 5.74) is 7.48. The SMILES string of the molecule is CCc1nn(C)c(OCCN(C)C)c1N.